The third-order valence-electron chi connectivity index (χ3n) is 4.17. The molecule has 0 radical (unpaired) electrons. The van der Waals surface area contributed by atoms with E-state index in [2.05, 4.69) is 5.32 Å². The molecular formula is C14H24F3NO3. The molecule has 0 spiro atoms. The second-order valence-corrected chi connectivity index (χ2v) is 6.02. The normalized spacial score (nSPS) is 30.0. The first-order valence-electron chi connectivity index (χ1n) is 7.43. The van der Waals surface area contributed by atoms with Crippen molar-refractivity contribution in [2.24, 2.45) is 11.3 Å². The minimum atomic E-state index is -4.28. The van der Waals surface area contributed by atoms with Crippen LogP contribution in [0.15, 0.2) is 0 Å². The molecule has 2 atom stereocenters. The van der Waals surface area contributed by atoms with Gasteiger partial charge < -0.3 is 19.5 Å². The Morgan fingerprint density at radius 2 is 2.10 bits per heavy atom. The lowest BCUT2D eigenvalue weighted by Gasteiger charge is -2.34. The van der Waals surface area contributed by atoms with Gasteiger partial charge in [0, 0.05) is 32.2 Å². The maximum atomic E-state index is 12.3. The van der Waals surface area contributed by atoms with Crippen LogP contribution in [-0.4, -0.2) is 58.9 Å². The van der Waals surface area contributed by atoms with Gasteiger partial charge in [0.1, 0.15) is 6.61 Å². The molecule has 0 bridgehead atoms. The van der Waals surface area contributed by atoms with Gasteiger partial charge in [0.25, 0.3) is 0 Å². The Morgan fingerprint density at radius 1 is 1.33 bits per heavy atom. The number of rotatable bonds is 9. The predicted molar refractivity (Wildman–Crippen MR) is 71.1 cm³/mol. The summed E-state index contributed by atoms with van der Waals surface area (Å²) in [6.07, 6.45) is -1.32. The molecule has 4 nitrogen and oxygen atoms in total. The number of nitrogens with one attached hydrogen (secondary N) is 1. The Bertz CT molecular complexity index is 323. The first kappa shape index (κ1) is 17.0. The van der Waals surface area contributed by atoms with Crippen molar-refractivity contribution >= 4 is 0 Å². The van der Waals surface area contributed by atoms with E-state index in [-0.39, 0.29) is 18.1 Å². The number of hydrogen-bond donors (Lipinski definition) is 1. The molecule has 2 rings (SSSR count). The molecule has 0 aromatic carbocycles. The third-order valence-corrected chi connectivity index (χ3v) is 4.17. The first-order chi connectivity index (χ1) is 9.97. The largest absolute Gasteiger partial charge is 0.411 e. The van der Waals surface area contributed by atoms with Crippen LogP contribution in [0.25, 0.3) is 0 Å². The summed E-state index contributed by atoms with van der Waals surface area (Å²) in [6, 6.07) is 0. The zero-order chi connectivity index (χ0) is 15.3. The highest BCUT2D eigenvalue weighted by Gasteiger charge is 2.51. The van der Waals surface area contributed by atoms with Gasteiger partial charge >= 0.3 is 6.18 Å². The summed E-state index contributed by atoms with van der Waals surface area (Å²) in [7, 11) is 1.62. The highest BCUT2D eigenvalue weighted by atomic mass is 19.4. The van der Waals surface area contributed by atoms with Gasteiger partial charge in [-0.25, -0.2) is 0 Å². The average Bonchev–Trinajstić information content (AvgIpc) is 3.16. The predicted octanol–water partition coefficient (Wildman–Crippen LogP) is 1.99. The topological polar surface area (TPSA) is 39.7 Å². The Kier molecular flexibility index (Phi) is 5.88. The molecule has 0 aromatic heterocycles. The van der Waals surface area contributed by atoms with E-state index < -0.39 is 12.8 Å². The van der Waals surface area contributed by atoms with E-state index >= 15 is 0 Å². The summed E-state index contributed by atoms with van der Waals surface area (Å²) in [4.78, 5) is 0. The van der Waals surface area contributed by atoms with Crippen molar-refractivity contribution in [1.29, 1.82) is 0 Å². The van der Waals surface area contributed by atoms with Crippen LogP contribution in [0.1, 0.15) is 19.3 Å². The summed E-state index contributed by atoms with van der Waals surface area (Å²) >= 11 is 0. The standard InChI is InChI=1S/C14H24F3NO3/c1-19-7-5-18-8-13(9-20-10-14(15,16)17)4-6-21-12(13)11-2-3-11/h11-12,18H,2-10H2,1H3. The van der Waals surface area contributed by atoms with Crippen LogP contribution < -0.4 is 5.32 Å². The van der Waals surface area contributed by atoms with Gasteiger partial charge in [-0.1, -0.05) is 0 Å². The van der Waals surface area contributed by atoms with E-state index in [1.165, 1.54) is 0 Å². The molecule has 1 aliphatic heterocycles. The quantitative estimate of drug-likeness (QED) is 0.661. The van der Waals surface area contributed by atoms with Crippen LogP contribution in [0.2, 0.25) is 0 Å². The van der Waals surface area contributed by atoms with Crippen molar-refractivity contribution in [3.8, 4) is 0 Å². The van der Waals surface area contributed by atoms with Crippen molar-refractivity contribution in [1.82, 2.24) is 5.32 Å². The Balaban J connectivity index is 1.89. The summed E-state index contributed by atoms with van der Waals surface area (Å²) in [5.74, 6) is 0.478. The SMILES string of the molecule is COCCNCC1(COCC(F)(F)F)CCOC1C1CC1. The molecule has 1 N–H and O–H groups in total. The Labute approximate surface area is 123 Å². The Hall–Kier alpha value is -0.370. The van der Waals surface area contributed by atoms with Gasteiger partial charge in [-0.3, -0.25) is 0 Å². The van der Waals surface area contributed by atoms with Gasteiger partial charge in [-0.2, -0.15) is 13.2 Å². The molecule has 2 fully saturated rings. The minimum Gasteiger partial charge on any atom is -0.383 e. The van der Waals surface area contributed by atoms with Gasteiger partial charge in [0.2, 0.25) is 0 Å². The fraction of sp³-hybridized carbons (Fsp3) is 1.00. The zero-order valence-corrected chi connectivity index (χ0v) is 12.4. The van der Waals surface area contributed by atoms with E-state index in [0.717, 1.165) is 19.3 Å². The average molecular weight is 311 g/mol. The fourth-order valence-electron chi connectivity index (χ4n) is 3.02. The maximum Gasteiger partial charge on any atom is 0.411 e. The van der Waals surface area contributed by atoms with Gasteiger partial charge in [-0.05, 0) is 25.2 Å². The van der Waals surface area contributed by atoms with Gasteiger partial charge in [0.05, 0.1) is 19.3 Å². The summed E-state index contributed by atoms with van der Waals surface area (Å²) in [5.41, 5.74) is -0.347. The monoisotopic (exact) mass is 311 g/mol. The summed E-state index contributed by atoms with van der Waals surface area (Å²) < 4.78 is 52.6. The van der Waals surface area contributed by atoms with E-state index in [0.29, 0.717) is 32.2 Å². The molecule has 2 aliphatic rings. The molecule has 2 unspecified atom stereocenters. The minimum absolute atomic E-state index is 0.0146. The van der Waals surface area contributed by atoms with Crippen LogP contribution in [0.5, 0.6) is 0 Å². The van der Waals surface area contributed by atoms with Gasteiger partial charge in [0.15, 0.2) is 0 Å². The summed E-state index contributed by atoms with van der Waals surface area (Å²) in [5, 5.41) is 3.26. The van der Waals surface area contributed by atoms with Crippen LogP contribution >= 0.6 is 0 Å². The van der Waals surface area contributed by atoms with Crippen molar-refractivity contribution in [3.05, 3.63) is 0 Å². The maximum absolute atomic E-state index is 12.3. The van der Waals surface area contributed by atoms with Crippen LogP contribution in [0.4, 0.5) is 13.2 Å². The number of halogens is 3. The van der Waals surface area contributed by atoms with Crippen LogP contribution in [0, 0.1) is 11.3 Å². The molecule has 21 heavy (non-hydrogen) atoms. The second-order valence-electron chi connectivity index (χ2n) is 6.02. The molecule has 1 saturated carbocycles. The zero-order valence-electron chi connectivity index (χ0n) is 12.4. The lowest BCUT2D eigenvalue weighted by Crippen LogP contribution is -2.46. The lowest BCUT2D eigenvalue weighted by molar-refractivity contribution is -0.183. The number of ether oxygens (including phenoxy) is 3. The lowest BCUT2D eigenvalue weighted by atomic mass is 9.79. The van der Waals surface area contributed by atoms with Crippen molar-refractivity contribution in [2.75, 3.05) is 46.6 Å². The van der Waals surface area contributed by atoms with E-state index in [1.54, 1.807) is 7.11 Å². The molecule has 124 valence electrons. The first-order valence-corrected chi connectivity index (χ1v) is 7.43. The number of alkyl halides is 3. The van der Waals surface area contributed by atoms with Crippen LogP contribution in [0.3, 0.4) is 0 Å². The highest BCUT2D eigenvalue weighted by Crippen LogP contribution is 2.47. The van der Waals surface area contributed by atoms with Crippen molar-refractivity contribution in [2.45, 2.75) is 31.5 Å². The summed E-state index contributed by atoms with van der Waals surface area (Å²) in [6.45, 7) is 1.36. The molecule has 1 saturated heterocycles. The van der Waals surface area contributed by atoms with E-state index in [9.17, 15) is 13.2 Å². The smallest absolute Gasteiger partial charge is 0.383 e. The molecule has 1 heterocycles. The van der Waals surface area contributed by atoms with Gasteiger partial charge in [-0.15, -0.1) is 0 Å². The molecule has 0 amide bonds. The molecule has 1 aliphatic carbocycles. The highest BCUT2D eigenvalue weighted by molar-refractivity contribution is 5.00. The number of methoxy groups -OCH3 is 1. The van der Waals surface area contributed by atoms with Crippen molar-refractivity contribution in [3.63, 3.8) is 0 Å². The fourth-order valence-corrected chi connectivity index (χ4v) is 3.02. The molecule has 0 aromatic rings. The van der Waals surface area contributed by atoms with E-state index in [4.69, 9.17) is 14.2 Å². The molecular weight excluding hydrogens is 287 g/mol. The second kappa shape index (κ2) is 7.26. The van der Waals surface area contributed by atoms with Crippen LogP contribution in [-0.2, 0) is 14.2 Å². The number of hydrogen-bond acceptors (Lipinski definition) is 4. The third kappa shape index (κ3) is 5.09. The molecule has 7 heteroatoms. The van der Waals surface area contributed by atoms with E-state index in [1.807, 2.05) is 0 Å². The Morgan fingerprint density at radius 3 is 2.71 bits per heavy atom. The van der Waals surface area contributed by atoms with Crippen molar-refractivity contribution < 1.29 is 27.4 Å².